The molecule has 2 fully saturated rings. The van der Waals surface area contributed by atoms with Gasteiger partial charge in [0, 0.05) is 23.8 Å². The lowest BCUT2D eigenvalue weighted by Crippen LogP contribution is -2.47. The predicted molar refractivity (Wildman–Crippen MR) is 91.4 cm³/mol. The first kappa shape index (κ1) is 14.6. The third-order valence-corrected chi connectivity index (χ3v) is 6.14. The number of nitrogens with one attached hydrogen (secondary N) is 1. The van der Waals surface area contributed by atoms with E-state index in [9.17, 15) is 0 Å². The third kappa shape index (κ3) is 2.80. The molecule has 1 aromatic carbocycles. The fourth-order valence-corrected chi connectivity index (χ4v) is 5.06. The van der Waals surface area contributed by atoms with E-state index < -0.39 is 0 Å². The molecule has 3 nitrogen and oxygen atoms in total. The average molecular weight is 317 g/mol. The molecule has 118 valence electrons. The number of rotatable bonds is 3. The topological polar surface area (TPSA) is 34.4 Å². The van der Waals surface area contributed by atoms with E-state index in [-0.39, 0.29) is 11.6 Å². The number of hydrogen-bond acceptors (Lipinski definition) is 4. The zero-order chi connectivity index (χ0) is 15.0. The molecule has 2 aliphatic rings. The second-order valence-corrected chi connectivity index (χ2v) is 7.70. The van der Waals surface area contributed by atoms with Gasteiger partial charge in [0.1, 0.15) is 11.3 Å². The average Bonchev–Trinajstić information content (AvgIpc) is 3.14. The summed E-state index contributed by atoms with van der Waals surface area (Å²) in [6.07, 6.45) is 3.43. The highest BCUT2D eigenvalue weighted by Crippen LogP contribution is 2.38. The van der Waals surface area contributed by atoms with Gasteiger partial charge in [0.15, 0.2) is 0 Å². The number of fused-ring (bicyclic) bond motifs is 1. The Balaban J connectivity index is 1.45. The molecule has 4 heteroatoms. The van der Waals surface area contributed by atoms with E-state index in [2.05, 4.69) is 30.4 Å². The molecule has 0 aliphatic carbocycles. The Hall–Kier alpha value is -0.970. The number of para-hydroxylation sites is 1. The summed E-state index contributed by atoms with van der Waals surface area (Å²) in [5, 5.41) is 4.95. The minimum Gasteiger partial charge on any atom is -0.459 e. The van der Waals surface area contributed by atoms with Gasteiger partial charge in [-0.25, -0.2) is 0 Å². The molecule has 4 rings (SSSR count). The Morgan fingerprint density at radius 2 is 2.27 bits per heavy atom. The van der Waals surface area contributed by atoms with Gasteiger partial charge in [0.2, 0.25) is 0 Å². The van der Waals surface area contributed by atoms with Gasteiger partial charge in [-0.2, -0.15) is 11.8 Å². The van der Waals surface area contributed by atoms with Crippen molar-refractivity contribution in [3.63, 3.8) is 0 Å². The molecule has 2 saturated heterocycles. The summed E-state index contributed by atoms with van der Waals surface area (Å²) < 4.78 is 12.1. The normalized spacial score (nSPS) is 30.1. The lowest BCUT2D eigenvalue weighted by molar-refractivity contribution is -0.0714. The molecule has 0 bridgehead atoms. The van der Waals surface area contributed by atoms with Crippen molar-refractivity contribution in [3.8, 4) is 0 Å². The minimum absolute atomic E-state index is 0.133. The number of ether oxygens (including phenoxy) is 1. The van der Waals surface area contributed by atoms with E-state index in [4.69, 9.17) is 9.15 Å². The second-order valence-electron chi connectivity index (χ2n) is 6.60. The van der Waals surface area contributed by atoms with Crippen LogP contribution in [0.25, 0.3) is 11.0 Å². The van der Waals surface area contributed by atoms with Gasteiger partial charge >= 0.3 is 0 Å². The van der Waals surface area contributed by atoms with Gasteiger partial charge in [0.25, 0.3) is 0 Å². The smallest absolute Gasteiger partial charge is 0.134 e. The van der Waals surface area contributed by atoms with E-state index in [1.807, 2.05) is 23.9 Å². The van der Waals surface area contributed by atoms with Gasteiger partial charge in [-0.1, -0.05) is 18.2 Å². The van der Waals surface area contributed by atoms with Crippen molar-refractivity contribution in [2.75, 3.05) is 18.1 Å². The quantitative estimate of drug-likeness (QED) is 0.922. The maximum Gasteiger partial charge on any atom is 0.134 e. The summed E-state index contributed by atoms with van der Waals surface area (Å²) in [6.45, 7) is 3.08. The van der Waals surface area contributed by atoms with Crippen LogP contribution in [0.5, 0.6) is 0 Å². The van der Waals surface area contributed by atoms with Crippen LogP contribution in [0.2, 0.25) is 0 Å². The van der Waals surface area contributed by atoms with Crippen LogP contribution in [0.15, 0.2) is 34.7 Å². The third-order valence-electron chi connectivity index (χ3n) is 4.92. The van der Waals surface area contributed by atoms with Crippen molar-refractivity contribution in [3.05, 3.63) is 36.1 Å². The molecular weight excluding hydrogens is 294 g/mol. The first-order valence-corrected chi connectivity index (χ1v) is 9.36. The zero-order valence-electron chi connectivity index (χ0n) is 13.0. The van der Waals surface area contributed by atoms with E-state index in [0.29, 0.717) is 6.04 Å². The van der Waals surface area contributed by atoms with Crippen LogP contribution in [0.4, 0.5) is 0 Å². The summed E-state index contributed by atoms with van der Waals surface area (Å²) in [4.78, 5) is 0. The van der Waals surface area contributed by atoms with Crippen molar-refractivity contribution in [2.45, 2.75) is 43.9 Å². The summed E-state index contributed by atoms with van der Waals surface area (Å²) in [6, 6.07) is 11.1. The molecule has 2 aliphatic heterocycles. The highest BCUT2D eigenvalue weighted by Gasteiger charge is 2.40. The fourth-order valence-electron chi connectivity index (χ4n) is 3.68. The van der Waals surface area contributed by atoms with E-state index in [1.165, 1.54) is 17.6 Å². The molecule has 2 aromatic rings. The fraction of sp³-hybridized carbons (Fsp3) is 0.556. The first-order valence-electron chi connectivity index (χ1n) is 8.20. The van der Waals surface area contributed by atoms with Crippen molar-refractivity contribution in [1.82, 2.24) is 5.32 Å². The molecular formula is C18H23NO2S. The van der Waals surface area contributed by atoms with Crippen LogP contribution >= 0.6 is 11.8 Å². The van der Waals surface area contributed by atoms with Crippen LogP contribution in [0.1, 0.15) is 38.0 Å². The van der Waals surface area contributed by atoms with E-state index >= 15 is 0 Å². The number of furan rings is 1. The van der Waals surface area contributed by atoms with Crippen molar-refractivity contribution < 1.29 is 9.15 Å². The Bertz CT molecular complexity index is 614. The van der Waals surface area contributed by atoms with Gasteiger partial charge in [-0.05, 0) is 44.1 Å². The van der Waals surface area contributed by atoms with Gasteiger partial charge in [0.05, 0.1) is 11.6 Å². The van der Waals surface area contributed by atoms with Crippen LogP contribution < -0.4 is 5.32 Å². The Labute approximate surface area is 135 Å². The lowest BCUT2D eigenvalue weighted by Gasteiger charge is -2.39. The highest BCUT2D eigenvalue weighted by atomic mass is 32.2. The summed E-state index contributed by atoms with van der Waals surface area (Å²) >= 11 is 2.03. The summed E-state index contributed by atoms with van der Waals surface area (Å²) in [5.41, 5.74) is 1.11. The molecule has 3 heterocycles. The van der Waals surface area contributed by atoms with Crippen LogP contribution in [-0.2, 0) is 4.74 Å². The van der Waals surface area contributed by atoms with Crippen molar-refractivity contribution in [2.24, 2.45) is 0 Å². The maximum atomic E-state index is 6.11. The number of benzene rings is 1. The van der Waals surface area contributed by atoms with Gasteiger partial charge < -0.3 is 14.5 Å². The molecule has 22 heavy (non-hydrogen) atoms. The van der Waals surface area contributed by atoms with Gasteiger partial charge in [-0.3, -0.25) is 0 Å². The summed E-state index contributed by atoms with van der Waals surface area (Å²) in [7, 11) is 0. The van der Waals surface area contributed by atoms with Crippen molar-refractivity contribution >= 4 is 22.7 Å². The zero-order valence-corrected chi connectivity index (χ0v) is 13.8. The van der Waals surface area contributed by atoms with Crippen LogP contribution in [0.3, 0.4) is 0 Å². The molecule has 3 atom stereocenters. The molecule has 1 N–H and O–H groups in total. The molecule has 1 aromatic heterocycles. The van der Waals surface area contributed by atoms with E-state index in [1.54, 1.807) is 0 Å². The predicted octanol–water partition coefficient (Wildman–Crippen LogP) is 4.14. The number of hydrogen-bond donors (Lipinski definition) is 1. The largest absolute Gasteiger partial charge is 0.459 e. The lowest BCUT2D eigenvalue weighted by atomic mass is 9.89. The Kier molecular flexibility index (Phi) is 3.93. The molecule has 0 unspecified atom stereocenters. The molecule has 0 amide bonds. The Morgan fingerprint density at radius 1 is 1.36 bits per heavy atom. The number of thioether (sulfide) groups is 1. The van der Waals surface area contributed by atoms with Crippen molar-refractivity contribution in [1.29, 1.82) is 0 Å². The molecule has 0 saturated carbocycles. The molecule has 1 spiro atoms. The minimum atomic E-state index is 0.133. The second kappa shape index (κ2) is 5.91. The van der Waals surface area contributed by atoms with Gasteiger partial charge in [-0.15, -0.1) is 0 Å². The molecule has 0 radical (unpaired) electrons. The maximum absolute atomic E-state index is 6.11. The SMILES string of the molecule is C[C@H](N[C@@H]1CCO[C@]2(CCSC2)C1)c1cc2ccccc2o1. The summed E-state index contributed by atoms with van der Waals surface area (Å²) in [5.74, 6) is 3.43. The first-order chi connectivity index (χ1) is 10.7. The Morgan fingerprint density at radius 3 is 3.09 bits per heavy atom. The highest BCUT2D eigenvalue weighted by molar-refractivity contribution is 7.99. The monoisotopic (exact) mass is 317 g/mol. The van der Waals surface area contributed by atoms with E-state index in [0.717, 1.165) is 36.5 Å². The standard InChI is InChI=1S/C18H23NO2S/c1-13(17-10-14-4-2-3-5-16(14)21-17)19-15-6-8-20-18(11-15)7-9-22-12-18/h2-5,10,13,15,19H,6-9,11-12H2,1H3/t13-,15+,18+/m0/s1. The van der Waals surface area contributed by atoms with Crippen LogP contribution in [0, 0.1) is 0 Å². The van der Waals surface area contributed by atoms with Crippen LogP contribution in [-0.4, -0.2) is 29.8 Å².